The maximum atomic E-state index is 5.54. The van der Waals surface area contributed by atoms with Gasteiger partial charge < -0.3 is 10.2 Å². The van der Waals surface area contributed by atoms with Crippen LogP contribution in [0.5, 0.6) is 0 Å². The van der Waals surface area contributed by atoms with Crippen LogP contribution in [0.25, 0.3) is 11.6 Å². The van der Waals surface area contributed by atoms with Crippen molar-refractivity contribution in [1.29, 1.82) is 0 Å². The molecule has 2 N–H and O–H groups in total. The van der Waals surface area contributed by atoms with Gasteiger partial charge in [-0.3, -0.25) is 0 Å². The maximum absolute atomic E-state index is 5.54. The van der Waals surface area contributed by atoms with Gasteiger partial charge in [-0.25, -0.2) is 9.97 Å². The van der Waals surface area contributed by atoms with Crippen LogP contribution in [0.1, 0.15) is 12.7 Å². The van der Waals surface area contributed by atoms with E-state index in [0.717, 1.165) is 12.2 Å². The highest BCUT2D eigenvalue weighted by molar-refractivity contribution is 5.49. The van der Waals surface area contributed by atoms with E-state index in [9.17, 15) is 0 Å². The van der Waals surface area contributed by atoms with E-state index in [1.165, 1.54) is 0 Å². The molecular weight excluding hydrogens is 178 g/mol. The Balaban J connectivity index is 2.39. The molecule has 0 saturated carbocycles. The highest BCUT2D eigenvalue weighted by Gasteiger charge is 2.06. The lowest BCUT2D eigenvalue weighted by atomic mass is 10.3. The monoisotopic (exact) mass is 189 g/mol. The molecular formula is C10H11N3O. The van der Waals surface area contributed by atoms with Crippen LogP contribution in [0.2, 0.25) is 0 Å². The number of nitrogens with two attached hydrogens (primary N) is 1. The first-order chi connectivity index (χ1) is 6.79. The molecule has 2 aromatic rings. The molecule has 72 valence electrons. The third-order valence-electron chi connectivity index (χ3n) is 1.91. The quantitative estimate of drug-likeness (QED) is 0.783. The number of aryl methyl sites for hydroxylation is 1. The van der Waals surface area contributed by atoms with Crippen LogP contribution in [0.4, 0.5) is 5.82 Å². The molecule has 2 aromatic heterocycles. The van der Waals surface area contributed by atoms with Crippen molar-refractivity contribution in [2.75, 3.05) is 5.73 Å². The topological polar surface area (TPSA) is 64.9 Å². The summed E-state index contributed by atoms with van der Waals surface area (Å²) in [4.78, 5) is 8.14. The molecule has 0 spiro atoms. The standard InChI is InChI=1S/C10H11N3O/c1-2-7-3-4-8(14-7)10-12-6-5-9(11)13-10/h3-6H,2H2,1H3,(H2,11,12,13). The summed E-state index contributed by atoms with van der Waals surface area (Å²) in [6.45, 7) is 2.03. The Morgan fingerprint density at radius 2 is 2.21 bits per heavy atom. The van der Waals surface area contributed by atoms with E-state index < -0.39 is 0 Å². The zero-order valence-corrected chi connectivity index (χ0v) is 7.90. The molecule has 0 aliphatic carbocycles. The maximum Gasteiger partial charge on any atom is 0.197 e. The van der Waals surface area contributed by atoms with E-state index >= 15 is 0 Å². The number of anilines is 1. The molecule has 0 radical (unpaired) electrons. The lowest BCUT2D eigenvalue weighted by Crippen LogP contribution is -1.93. The number of nitrogens with zero attached hydrogens (tertiary/aromatic N) is 2. The van der Waals surface area contributed by atoms with Crippen LogP contribution in [-0.2, 0) is 6.42 Å². The summed E-state index contributed by atoms with van der Waals surface area (Å²) in [5.74, 6) is 2.56. The summed E-state index contributed by atoms with van der Waals surface area (Å²) < 4.78 is 5.49. The first-order valence-corrected chi connectivity index (χ1v) is 4.47. The molecule has 4 heteroatoms. The molecule has 2 rings (SSSR count). The van der Waals surface area contributed by atoms with Crippen LogP contribution in [0, 0.1) is 0 Å². The summed E-state index contributed by atoms with van der Waals surface area (Å²) in [6, 6.07) is 5.42. The van der Waals surface area contributed by atoms with Gasteiger partial charge in [0.05, 0.1) is 0 Å². The summed E-state index contributed by atoms with van der Waals surface area (Å²) in [5.41, 5.74) is 5.54. The number of nitrogen functional groups attached to an aromatic ring is 1. The van der Waals surface area contributed by atoms with E-state index in [4.69, 9.17) is 10.2 Å². The van der Waals surface area contributed by atoms with E-state index in [-0.39, 0.29) is 0 Å². The third-order valence-corrected chi connectivity index (χ3v) is 1.91. The van der Waals surface area contributed by atoms with E-state index in [2.05, 4.69) is 9.97 Å². The van der Waals surface area contributed by atoms with E-state index in [0.29, 0.717) is 17.4 Å². The van der Waals surface area contributed by atoms with Crippen molar-refractivity contribution in [3.8, 4) is 11.6 Å². The van der Waals surface area contributed by atoms with Crippen LogP contribution in [0.3, 0.4) is 0 Å². The van der Waals surface area contributed by atoms with Gasteiger partial charge in [0.2, 0.25) is 0 Å². The highest BCUT2D eigenvalue weighted by atomic mass is 16.3. The average Bonchev–Trinajstić information content (AvgIpc) is 2.66. The van der Waals surface area contributed by atoms with Crippen molar-refractivity contribution < 1.29 is 4.42 Å². The Hall–Kier alpha value is -1.84. The molecule has 0 aliphatic rings. The number of hydrogen-bond acceptors (Lipinski definition) is 4. The van der Waals surface area contributed by atoms with Gasteiger partial charge in [-0.05, 0) is 18.2 Å². The Kier molecular flexibility index (Phi) is 2.18. The zero-order chi connectivity index (χ0) is 9.97. The van der Waals surface area contributed by atoms with Crippen molar-refractivity contribution >= 4 is 5.82 Å². The normalized spacial score (nSPS) is 10.4. The summed E-state index contributed by atoms with van der Waals surface area (Å²) in [7, 11) is 0. The van der Waals surface area contributed by atoms with Crippen LogP contribution < -0.4 is 5.73 Å². The molecule has 0 unspecified atom stereocenters. The fourth-order valence-corrected chi connectivity index (χ4v) is 1.18. The first-order valence-electron chi connectivity index (χ1n) is 4.47. The molecule has 2 heterocycles. The molecule has 0 aliphatic heterocycles. The smallest absolute Gasteiger partial charge is 0.197 e. The second kappa shape index (κ2) is 3.49. The second-order valence-electron chi connectivity index (χ2n) is 2.92. The van der Waals surface area contributed by atoms with Gasteiger partial charge in [0, 0.05) is 12.6 Å². The summed E-state index contributed by atoms with van der Waals surface area (Å²) >= 11 is 0. The lowest BCUT2D eigenvalue weighted by Gasteiger charge is -1.95. The van der Waals surface area contributed by atoms with Gasteiger partial charge in [0.15, 0.2) is 11.6 Å². The molecule has 14 heavy (non-hydrogen) atoms. The fourth-order valence-electron chi connectivity index (χ4n) is 1.18. The van der Waals surface area contributed by atoms with Crippen molar-refractivity contribution in [3.05, 3.63) is 30.2 Å². The van der Waals surface area contributed by atoms with Gasteiger partial charge in [-0.1, -0.05) is 6.92 Å². The van der Waals surface area contributed by atoms with E-state index in [1.54, 1.807) is 12.3 Å². The number of hydrogen-bond donors (Lipinski definition) is 1. The van der Waals surface area contributed by atoms with E-state index in [1.807, 2.05) is 19.1 Å². The molecule has 0 bridgehead atoms. The minimum atomic E-state index is 0.449. The summed E-state index contributed by atoms with van der Waals surface area (Å²) in [5, 5.41) is 0. The number of aromatic nitrogens is 2. The molecule has 0 aromatic carbocycles. The SMILES string of the molecule is CCc1ccc(-c2nccc(N)n2)o1. The van der Waals surface area contributed by atoms with Crippen molar-refractivity contribution in [1.82, 2.24) is 9.97 Å². The Labute approximate surface area is 81.8 Å². The van der Waals surface area contributed by atoms with Crippen LogP contribution >= 0.6 is 0 Å². The van der Waals surface area contributed by atoms with Gasteiger partial charge in [-0.2, -0.15) is 0 Å². The minimum absolute atomic E-state index is 0.449. The number of furan rings is 1. The van der Waals surface area contributed by atoms with Gasteiger partial charge in [0.25, 0.3) is 0 Å². The predicted molar refractivity (Wildman–Crippen MR) is 53.5 cm³/mol. The van der Waals surface area contributed by atoms with Gasteiger partial charge in [-0.15, -0.1) is 0 Å². The largest absolute Gasteiger partial charge is 0.458 e. The van der Waals surface area contributed by atoms with Crippen molar-refractivity contribution in [3.63, 3.8) is 0 Å². The number of rotatable bonds is 2. The molecule has 0 saturated heterocycles. The second-order valence-corrected chi connectivity index (χ2v) is 2.92. The Morgan fingerprint density at radius 3 is 2.86 bits per heavy atom. The average molecular weight is 189 g/mol. The highest BCUT2D eigenvalue weighted by Crippen LogP contribution is 2.18. The Morgan fingerprint density at radius 1 is 1.36 bits per heavy atom. The van der Waals surface area contributed by atoms with Gasteiger partial charge >= 0.3 is 0 Å². The van der Waals surface area contributed by atoms with Crippen molar-refractivity contribution in [2.45, 2.75) is 13.3 Å². The van der Waals surface area contributed by atoms with Crippen molar-refractivity contribution in [2.24, 2.45) is 0 Å². The van der Waals surface area contributed by atoms with Gasteiger partial charge in [0.1, 0.15) is 11.6 Å². The first kappa shape index (κ1) is 8.74. The molecule has 4 nitrogen and oxygen atoms in total. The fraction of sp³-hybridized carbons (Fsp3) is 0.200. The molecule has 0 amide bonds. The predicted octanol–water partition coefficient (Wildman–Crippen LogP) is 1.88. The third kappa shape index (κ3) is 1.59. The van der Waals surface area contributed by atoms with Crippen LogP contribution in [0.15, 0.2) is 28.8 Å². The Bertz CT molecular complexity index is 436. The lowest BCUT2D eigenvalue weighted by molar-refractivity contribution is 0.525. The molecule has 0 atom stereocenters. The summed E-state index contributed by atoms with van der Waals surface area (Å²) in [6.07, 6.45) is 2.48. The van der Waals surface area contributed by atoms with Crippen LogP contribution in [-0.4, -0.2) is 9.97 Å². The minimum Gasteiger partial charge on any atom is -0.458 e. The zero-order valence-electron chi connectivity index (χ0n) is 7.90. The molecule has 0 fully saturated rings.